The molecule has 0 saturated heterocycles. The third kappa shape index (κ3) is 2.57. The average molecular weight is 381 g/mol. The smallest absolute Gasteiger partial charge is 0.310 e. The molecule has 3 aromatic rings. The minimum absolute atomic E-state index is 0.197. The van der Waals surface area contributed by atoms with Crippen LogP contribution in [-0.4, -0.2) is 15.8 Å². The van der Waals surface area contributed by atoms with E-state index in [1.165, 1.54) is 0 Å². The largest absolute Gasteiger partial charge is 0.479 e. The van der Waals surface area contributed by atoms with Crippen molar-refractivity contribution in [2.45, 2.75) is 6.92 Å². The molecule has 0 amide bonds. The summed E-state index contributed by atoms with van der Waals surface area (Å²) in [7, 11) is 0. The number of oxazole rings is 1. The molecule has 0 bridgehead atoms. The number of fused-ring (bicyclic) bond motifs is 1. The topological polar surface area (TPSA) is 58.6 Å². The highest BCUT2D eigenvalue weighted by atomic mass is 79.9. The van der Waals surface area contributed by atoms with Crippen molar-refractivity contribution in [3.63, 3.8) is 0 Å². The predicted octanol–water partition coefficient (Wildman–Crippen LogP) is 5.46. The summed E-state index contributed by atoms with van der Waals surface area (Å²) in [4.78, 5) is 8.95. The third-order valence-electron chi connectivity index (χ3n) is 3.88. The molecular weight excluding hydrogens is 368 g/mol. The first-order valence-corrected chi connectivity index (χ1v) is 8.23. The van der Waals surface area contributed by atoms with Gasteiger partial charge in [-0.05, 0) is 43.3 Å². The number of hydrogen-bond donors (Lipinski definition) is 1. The Labute approximate surface area is 147 Å². The Bertz CT molecular complexity index is 985. The summed E-state index contributed by atoms with van der Waals surface area (Å²) < 4.78 is 6.39. The van der Waals surface area contributed by atoms with Crippen LogP contribution in [0.3, 0.4) is 0 Å². The molecule has 2 heterocycles. The maximum absolute atomic E-state index is 10.1. The van der Waals surface area contributed by atoms with Crippen LogP contribution in [-0.2, 0) is 0 Å². The van der Waals surface area contributed by atoms with Crippen LogP contribution in [0.15, 0.2) is 62.4 Å². The van der Waals surface area contributed by atoms with E-state index >= 15 is 0 Å². The minimum atomic E-state index is -0.197. The van der Waals surface area contributed by atoms with Crippen LogP contribution in [0, 0.1) is 0 Å². The third-order valence-corrected chi connectivity index (χ3v) is 4.41. The summed E-state index contributed by atoms with van der Waals surface area (Å²) in [6.07, 6.45) is 1.81. The molecule has 1 aliphatic heterocycles. The highest BCUT2D eigenvalue weighted by Gasteiger charge is 2.19. The number of allylic oxidation sites excluding steroid dienone is 1. The standard InChI is InChI=1S/C19H13BrN2O2/c1-11-15(14-4-2-3-5-16(14)21-11)10-17-19(23)24-18(22-17)12-6-8-13(20)9-7-12/h2-10,23H,1H3. The van der Waals surface area contributed by atoms with E-state index in [9.17, 15) is 5.11 Å². The summed E-state index contributed by atoms with van der Waals surface area (Å²) >= 11 is 3.39. The van der Waals surface area contributed by atoms with Gasteiger partial charge in [-0.1, -0.05) is 34.1 Å². The molecule has 1 aliphatic rings. The Morgan fingerprint density at radius 2 is 1.83 bits per heavy atom. The van der Waals surface area contributed by atoms with Gasteiger partial charge in [0.1, 0.15) is 5.69 Å². The van der Waals surface area contributed by atoms with Gasteiger partial charge in [0.15, 0.2) is 0 Å². The Morgan fingerprint density at radius 1 is 1.08 bits per heavy atom. The number of aliphatic imine (C=N–C) groups is 1. The lowest BCUT2D eigenvalue weighted by atomic mass is 10.0. The van der Waals surface area contributed by atoms with E-state index in [1.54, 1.807) is 0 Å². The average Bonchev–Trinajstić information content (AvgIpc) is 3.09. The number of aromatic nitrogens is 1. The van der Waals surface area contributed by atoms with Crippen LogP contribution in [0.4, 0.5) is 5.69 Å². The van der Waals surface area contributed by atoms with Crippen molar-refractivity contribution in [2.75, 3.05) is 0 Å². The molecule has 0 aliphatic carbocycles. The lowest BCUT2D eigenvalue weighted by Crippen LogP contribution is -1.90. The van der Waals surface area contributed by atoms with Gasteiger partial charge in [0.25, 0.3) is 0 Å². The molecule has 4 nitrogen and oxygen atoms in total. The molecule has 0 saturated carbocycles. The second-order valence-electron chi connectivity index (χ2n) is 5.49. The lowest BCUT2D eigenvalue weighted by Gasteiger charge is -1.99. The molecule has 0 fully saturated rings. The predicted molar refractivity (Wildman–Crippen MR) is 98.4 cm³/mol. The van der Waals surface area contributed by atoms with E-state index in [0.717, 1.165) is 32.6 Å². The number of rotatable bonds is 2. The van der Waals surface area contributed by atoms with Gasteiger partial charge < -0.3 is 9.52 Å². The van der Waals surface area contributed by atoms with Crippen molar-refractivity contribution in [1.29, 1.82) is 0 Å². The first-order chi connectivity index (χ1) is 11.6. The summed E-state index contributed by atoms with van der Waals surface area (Å²) in [5, 5.41) is 10.1. The molecule has 118 valence electrons. The highest BCUT2D eigenvalue weighted by Crippen LogP contribution is 2.37. The molecular formula is C19H13BrN2O2. The van der Waals surface area contributed by atoms with Gasteiger partial charge in [-0.15, -0.1) is 0 Å². The van der Waals surface area contributed by atoms with E-state index < -0.39 is 0 Å². The van der Waals surface area contributed by atoms with Crippen LogP contribution in [0.1, 0.15) is 18.2 Å². The van der Waals surface area contributed by atoms with Gasteiger partial charge in [0.05, 0.1) is 5.69 Å². The highest BCUT2D eigenvalue weighted by molar-refractivity contribution is 9.10. The van der Waals surface area contributed by atoms with E-state index in [4.69, 9.17) is 4.42 Å². The molecule has 4 rings (SSSR count). The molecule has 24 heavy (non-hydrogen) atoms. The van der Waals surface area contributed by atoms with Crippen LogP contribution in [0.25, 0.3) is 23.1 Å². The molecule has 0 atom stereocenters. The van der Waals surface area contributed by atoms with Gasteiger partial charge >= 0.3 is 5.95 Å². The molecule has 5 heteroatoms. The fraction of sp³-hybridized carbons (Fsp3) is 0.0526. The first-order valence-electron chi connectivity index (χ1n) is 7.44. The zero-order valence-electron chi connectivity index (χ0n) is 12.8. The zero-order valence-corrected chi connectivity index (χ0v) is 14.4. The summed E-state index contributed by atoms with van der Waals surface area (Å²) in [5.41, 5.74) is 4.99. The number of nitrogens with zero attached hydrogens (tertiary/aromatic N) is 2. The molecule has 0 unspecified atom stereocenters. The molecule has 1 N–H and O–H groups in total. The second kappa shape index (κ2) is 5.76. The van der Waals surface area contributed by atoms with Crippen molar-refractivity contribution in [3.05, 3.63) is 64.3 Å². The normalized spacial score (nSPS) is 14.8. The van der Waals surface area contributed by atoms with Crippen molar-refractivity contribution >= 4 is 39.0 Å². The zero-order chi connectivity index (χ0) is 16.7. The molecule has 2 aromatic carbocycles. The van der Waals surface area contributed by atoms with Gasteiger partial charge in [0, 0.05) is 26.9 Å². The van der Waals surface area contributed by atoms with Crippen molar-refractivity contribution in [1.82, 2.24) is 4.98 Å². The number of aromatic hydroxyl groups is 1. The summed E-state index contributed by atoms with van der Waals surface area (Å²) in [6.45, 7) is 1.94. The number of para-hydroxylation sites is 1. The number of benzene rings is 2. The monoisotopic (exact) mass is 380 g/mol. The Morgan fingerprint density at radius 3 is 2.62 bits per heavy atom. The van der Waals surface area contributed by atoms with Gasteiger partial charge in [0.2, 0.25) is 5.89 Å². The van der Waals surface area contributed by atoms with Crippen LogP contribution in [0.5, 0.6) is 5.95 Å². The Balaban J connectivity index is 1.76. The maximum Gasteiger partial charge on any atom is 0.310 e. The summed E-state index contributed by atoms with van der Waals surface area (Å²) in [6, 6.07) is 15.5. The quantitative estimate of drug-likeness (QED) is 0.642. The Hall–Kier alpha value is -2.66. The van der Waals surface area contributed by atoms with Crippen molar-refractivity contribution in [3.8, 4) is 17.4 Å². The molecule has 1 aromatic heterocycles. The van der Waals surface area contributed by atoms with E-state index in [2.05, 4.69) is 25.9 Å². The van der Waals surface area contributed by atoms with Crippen LogP contribution in [0.2, 0.25) is 0 Å². The van der Waals surface area contributed by atoms with E-state index in [0.29, 0.717) is 11.6 Å². The van der Waals surface area contributed by atoms with Crippen LogP contribution < -0.4 is 0 Å². The van der Waals surface area contributed by atoms with Gasteiger partial charge in [-0.3, -0.25) is 4.99 Å². The van der Waals surface area contributed by atoms with Crippen molar-refractivity contribution in [2.24, 2.45) is 4.99 Å². The van der Waals surface area contributed by atoms with Gasteiger partial charge in [-0.2, -0.15) is 0 Å². The van der Waals surface area contributed by atoms with E-state index in [-0.39, 0.29) is 5.95 Å². The fourth-order valence-corrected chi connectivity index (χ4v) is 2.95. The van der Waals surface area contributed by atoms with E-state index in [1.807, 2.05) is 61.5 Å². The number of hydrogen-bond acceptors (Lipinski definition) is 4. The molecule has 0 spiro atoms. The first kappa shape index (κ1) is 14.9. The number of halogens is 1. The second-order valence-corrected chi connectivity index (χ2v) is 6.40. The minimum Gasteiger partial charge on any atom is -0.479 e. The van der Waals surface area contributed by atoms with Gasteiger partial charge in [-0.25, -0.2) is 4.98 Å². The molecule has 0 radical (unpaired) electrons. The Kier molecular flexibility index (Phi) is 3.58. The maximum atomic E-state index is 10.1. The van der Waals surface area contributed by atoms with Crippen LogP contribution >= 0.6 is 15.9 Å². The summed E-state index contributed by atoms with van der Waals surface area (Å²) in [5.74, 6) is 0.185. The lowest BCUT2D eigenvalue weighted by molar-refractivity contribution is 0.336. The van der Waals surface area contributed by atoms with Crippen molar-refractivity contribution < 1.29 is 9.52 Å². The fourth-order valence-electron chi connectivity index (χ4n) is 2.69. The SMILES string of the molecule is CC1=Nc2ccccc2C1=Cc1nc(-c2ccc(Br)cc2)oc1O.